The fourth-order valence-electron chi connectivity index (χ4n) is 1.53. The molecule has 2 aromatic rings. The molecule has 4 nitrogen and oxygen atoms in total. The van der Waals surface area contributed by atoms with Crippen molar-refractivity contribution in [2.45, 2.75) is 26.4 Å². The van der Waals surface area contributed by atoms with Crippen molar-refractivity contribution in [3.63, 3.8) is 0 Å². The predicted molar refractivity (Wildman–Crippen MR) is 83.2 cm³/mol. The van der Waals surface area contributed by atoms with Crippen molar-refractivity contribution >= 4 is 21.6 Å². The Labute approximate surface area is 131 Å². The Balaban J connectivity index is 2.29. The molecule has 112 valence electrons. The number of hydrogen-bond donors (Lipinski definition) is 1. The Morgan fingerprint density at radius 2 is 1.90 bits per heavy atom. The van der Waals surface area contributed by atoms with Crippen LogP contribution < -0.4 is 15.2 Å². The van der Waals surface area contributed by atoms with Gasteiger partial charge in [0.15, 0.2) is 11.6 Å². The molecule has 1 aromatic carbocycles. The number of rotatable bonds is 3. The number of pyridine rings is 1. The van der Waals surface area contributed by atoms with Gasteiger partial charge in [-0.25, -0.2) is 4.39 Å². The van der Waals surface area contributed by atoms with Crippen molar-refractivity contribution in [3.8, 4) is 17.5 Å². The fraction of sp³-hybridized carbons (Fsp3) is 0.267. The Kier molecular flexibility index (Phi) is 4.37. The van der Waals surface area contributed by atoms with Crippen LogP contribution in [-0.4, -0.2) is 10.6 Å². The van der Waals surface area contributed by atoms with Crippen LogP contribution in [-0.2, 0) is 0 Å². The molecule has 0 aliphatic heterocycles. The van der Waals surface area contributed by atoms with Gasteiger partial charge in [-0.15, -0.1) is 0 Å². The van der Waals surface area contributed by atoms with Crippen LogP contribution >= 0.6 is 15.9 Å². The largest absolute Gasteiger partial charge is 0.470 e. The Hall–Kier alpha value is -1.82. The van der Waals surface area contributed by atoms with Gasteiger partial charge in [0.25, 0.3) is 0 Å². The van der Waals surface area contributed by atoms with Gasteiger partial charge in [-0.05, 0) is 45.0 Å². The minimum absolute atomic E-state index is 0.0726. The molecule has 21 heavy (non-hydrogen) atoms. The summed E-state index contributed by atoms with van der Waals surface area (Å²) in [6, 6.07) is 7.60. The first-order valence-electron chi connectivity index (χ1n) is 6.33. The zero-order chi connectivity index (χ0) is 15.6. The molecule has 0 spiro atoms. The average molecular weight is 355 g/mol. The number of benzene rings is 1. The predicted octanol–water partition coefficient (Wildman–Crippen LogP) is 4.54. The molecule has 0 unspecified atom stereocenters. The maximum Gasteiger partial charge on any atom is 0.241 e. The second-order valence-electron chi connectivity index (χ2n) is 5.44. The first-order chi connectivity index (χ1) is 9.74. The van der Waals surface area contributed by atoms with Gasteiger partial charge >= 0.3 is 0 Å². The summed E-state index contributed by atoms with van der Waals surface area (Å²) < 4.78 is 25.5. The number of halogens is 2. The number of nitrogens with zero attached hydrogens (tertiary/aromatic N) is 1. The molecule has 0 amide bonds. The van der Waals surface area contributed by atoms with Gasteiger partial charge < -0.3 is 15.2 Å². The molecule has 0 aliphatic rings. The molecule has 0 saturated heterocycles. The van der Waals surface area contributed by atoms with Gasteiger partial charge in [-0.1, -0.05) is 15.9 Å². The van der Waals surface area contributed by atoms with E-state index in [2.05, 4.69) is 20.9 Å². The SMILES string of the molecule is CC(C)(C)Oc1nc(Oc2cc(Br)ccc2F)ccc1N. The summed E-state index contributed by atoms with van der Waals surface area (Å²) in [5.74, 6) is 0.0642. The zero-order valence-electron chi connectivity index (χ0n) is 12.0. The van der Waals surface area contributed by atoms with Crippen LogP contribution in [0.4, 0.5) is 10.1 Å². The second-order valence-corrected chi connectivity index (χ2v) is 6.35. The topological polar surface area (TPSA) is 57.4 Å². The third kappa shape index (κ3) is 4.32. The van der Waals surface area contributed by atoms with Gasteiger partial charge in [0, 0.05) is 10.5 Å². The normalized spacial score (nSPS) is 11.3. The molecule has 2 rings (SSSR count). The highest BCUT2D eigenvalue weighted by atomic mass is 79.9. The first-order valence-corrected chi connectivity index (χ1v) is 7.12. The Bertz CT molecular complexity index is 657. The molecular formula is C15H16BrFN2O2. The first kappa shape index (κ1) is 15.6. The van der Waals surface area contributed by atoms with Crippen LogP contribution in [0.5, 0.6) is 17.5 Å². The monoisotopic (exact) mass is 354 g/mol. The van der Waals surface area contributed by atoms with Crippen LogP contribution in [0.3, 0.4) is 0 Å². The number of aromatic nitrogens is 1. The minimum Gasteiger partial charge on any atom is -0.470 e. The van der Waals surface area contributed by atoms with Gasteiger partial charge in [0.2, 0.25) is 11.8 Å². The van der Waals surface area contributed by atoms with E-state index in [1.807, 2.05) is 20.8 Å². The molecule has 0 bridgehead atoms. The van der Waals surface area contributed by atoms with Crippen LogP contribution in [0.2, 0.25) is 0 Å². The van der Waals surface area contributed by atoms with Gasteiger partial charge in [0.05, 0.1) is 5.69 Å². The summed E-state index contributed by atoms with van der Waals surface area (Å²) in [7, 11) is 0. The van der Waals surface area contributed by atoms with E-state index in [9.17, 15) is 4.39 Å². The van der Waals surface area contributed by atoms with E-state index >= 15 is 0 Å². The summed E-state index contributed by atoms with van der Waals surface area (Å²) in [6.45, 7) is 5.65. The van der Waals surface area contributed by atoms with Crippen molar-refractivity contribution in [1.29, 1.82) is 0 Å². The molecule has 2 N–H and O–H groups in total. The van der Waals surface area contributed by atoms with Crippen molar-refractivity contribution in [2.75, 3.05) is 5.73 Å². The summed E-state index contributed by atoms with van der Waals surface area (Å²) in [5.41, 5.74) is 5.77. The lowest BCUT2D eigenvalue weighted by atomic mass is 10.2. The Morgan fingerprint density at radius 3 is 2.57 bits per heavy atom. The van der Waals surface area contributed by atoms with Gasteiger partial charge in [-0.3, -0.25) is 0 Å². The van der Waals surface area contributed by atoms with Crippen LogP contribution in [0.1, 0.15) is 20.8 Å². The van der Waals surface area contributed by atoms with E-state index in [1.165, 1.54) is 12.1 Å². The zero-order valence-corrected chi connectivity index (χ0v) is 13.6. The van der Waals surface area contributed by atoms with Crippen LogP contribution in [0, 0.1) is 5.82 Å². The van der Waals surface area contributed by atoms with Crippen molar-refractivity contribution < 1.29 is 13.9 Å². The summed E-state index contributed by atoms with van der Waals surface area (Å²) in [5, 5.41) is 0. The third-order valence-corrected chi connectivity index (χ3v) is 2.87. The number of ether oxygens (including phenoxy) is 2. The minimum atomic E-state index is -0.477. The highest BCUT2D eigenvalue weighted by molar-refractivity contribution is 9.10. The van der Waals surface area contributed by atoms with E-state index in [4.69, 9.17) is 15.2 Å². The molecule has 0 atom stereocenters. The number of nitrogens with two attached hydrogens (primary N) is 1. The Morgan fingerprint density at radius 1 is 1.19 bits per heavy atom. The van der Waals surface area contributed by atoms with E-state index in [0.29, 0.717) is 10.2 Å². The smallest absolute Gasteiger partial charge is 0.241 e. The lowest BCUT2D eigenvalue weighted by Crippen LogP contribution is -2.24. The second kappa shape index (κ2) is 5.89. The van der Waals surface area contributed by atoms with Crippen molar-refractivity contribution in [1.82, 2.24) is 4.98 Å². The number of anilines is 1. The third-order valence-electron chi connectivity index (χ3n) is 2.37. The molecule has 0 aliphatic carbocycles. The standard InChI is InChI=1S/C15H16BrFN2O2/c1-15(2,3)21-14-11(18)6-7-13(19-14)20-12-8-9(16)4-5-10(12)17/h4-8H,18H2,1-3H3. The molecule has 0 radical (unpaired) electrons. The van der Waals surface area contributed by atoms with Crippen LogP contribution in [0.25, 0.3) is 0 Å². The van der Waals surface area contributed by atoms with Crippen molar-refractivity contribution in [3.05, 3.63) is 40.6 Å². The molecule has 1 heterocycles. The van der Waals surface area contributed by atoms with E-state index in [1.54, 1.807) is 18.2 Å². The summed E-state index contributed by atoms with van der Waals surface area (Å²) in [6.07, 6.45) is 0. The maximum atomic E-state index is 13.7. The van der Waals surface area contributed by atoms with Crippen molar-refractivity contribution in [2.24, 2.45) is 0 Å². The molecule has 1 aromatic heterocycles. The lowest BCUT2D eigenvalue weighted by Gasteiger charge is -2.21. The van der Waals surface area contributed by atoms with Gasteiger partial charge in [-0.2, -0.15) is 4.98 Å². The fourth-order valence-corrected chi connectivity index (χ4v) is 1.87. The molecule has 0 saturated carbocycles. The highest BCUT2D eigenvalue weighted by Gasteiger charge is 2.16. The van der Waals surface area contributed by atoms with E-state index in [-0.39, 0.29) is 17.5 Å². The number of nitrogen functional groups attached to an aromatic ring is 1. The molecule has 0 fully saturated rings. The molecular weight excluding hydrogens is 339 g/mol. The summed E-state index contributed by atoms with van der Waals surface area (Å²) >= 11 is 3.26. The van der Waals surface area contributed by atoms with E-state index in [0.717, 1.165) is 0 Å². The van der Waals surface area contributed by atoms with E-state index < -0.39 is 11.4 Å². The lowest BCUT2D eigenvalue weighted by molar-refractivity contribution is 0.124. The van der Waals surface area contributed by atoms with Crippen LogP contribution in [0.15, 0.2) is 34.8 Å². The number of hydrogen-bond acceptors (Lipinski definition) is 4. The quantitative estimate of drug-likeness (QED) is 0.879. The average Bonchev–Trinajstić information content (AvgIpc) is 2.36. The van der Waals surface area contributed by atoms with Gasteiger partial charge in [0.1, 0.15) is 5.60 Å². The summed E-state index contributed by atoms with van der Waals surface area (Å²) in [4.78, 5) is 4.17. The molecule has 6 heteroatoms. The maximum absolute atomic E-state index is 13.7. The highest BCUT2D eigenvalue weighted by Crippen LogP contribution is 2.30.